The number of rotatable bonds is 5. The minimum atomic E-state index is 0.109. The molecule has 22 heavy (non-hydrogen) atoms. The number of methoxy groups -OCH3 is 2. The topological polar surface area (TPSA) is 42.5 Å². The molecule has 0 radical (unpaired) electrons. The summed E-state index contributed by atoms with van der Waals surface area (Å²) in [6.45, 7) is 2.06. The maximum Gasteiger partial charge on any atom is 0.171 e. The Bertz CT molecular complexity index is 632. The number of hydrogen-bond acceptors (Lipinski definition) is 3. The van der Waals surface area contributed by atoms with Crippen molar-refractivity contribution in [1.82, 2.24) is 5.32 Å². The van der Waals surface area contributed by atoms with E-state index in [1.165, 1.54) is 5.56 Å². The molecule has 0 aliphatic heterocycles. The highest BCUT2D eigenvalue weighted by Crippen LogP contribution is 2.28. The van der Waals surface area contributed by atoms with Crippen molar-refractivity contribution < 1.29 is 9.47 Å². The van der Waals surface area contributed by atoms with Gasteiger partial charge in [-0.1, -0.05) is 30.3 Å². The number of nitrogens with one attached hydrogen (secondary N) is 2. The van der Waals surface area contributed by atoms with Gasteiger partial charge in [-0.25, -0.2) is 0 Å². The van der Waals surface area contributed by atoms with Crippen LogP contribution < -0.4 is 20.1 Å². The summed E-state index contributed by atoms with van der Waals surface area (Å²) in [4.78, 5) is 0. The molecule has 2 rings (SSSR count). The first-order valence-corrected chi connectivity index (χ1v) is 7.39. The summed E-state index contributed by atoms with van der Waals surface area (Å²) in [5.74, 6) is 1.44. The van der Waals surface area contributed by atoms with Crippen LogP contribution in [0.1, 0.15) is 18.5 Å². The summed E-state index contributed by atoms with van der Waals surface area (Å²) in [6.07, 6.45) is 0. The zero-order chi connectivity index (χ0) is 15.9. The summed E-state index contributed by atoms with van der Waals surface area (Å²) in [7, 11) is 3.25. The van der Waals surface area contributed by atoms with E-state index >= 15 is 0 Å². The summed E-state index contributed by atoms with van der Waals surface area (Å²) in [5.41, 5.74) is 1.93. The molecule has 0 spiro atoms. The Kier molecular flexibility index (Phi) is 5.61. The standard InChI is InChI=1S/C17H20N2O2S/c1-12(13-7-5-4-6-8-13)18-17(22)19-15-11-14(20-2)9-10-16(15)21-3/h4-12H,1-3H3,(H2,18,19,22). The lowest BCUT2D eigenvalue weighted by Gasteiger charge is -2.18. The summed E-state index contributed by atoms with van der Waals surface area (Å²) < 4.78 is 10.6. The van der Waals surface area contributed by atoms with E-state index in [1.54, 1.807) is 14.2 Å². The van der Waals surface area contributed by atoms with Crippen LogP contribution in [0.25, 0.3) is 0 Å². The highest BCUT2D eigenvalue weighted by molar-refractivity contribution is 7.80. The van der Waals surface area contributed by atoms with Gasteiger partial charge in [-0.2, -0.15) is 0 Å². The van der Waals surface area contributed by atoms with Crippen LogP contribution in [0.3, 0.4) is 0 Å². The van der Waals surface area contributed by atoms with Gasteiger partial charge in [-0.3, -0.25) is 0 Å². The third-order valence-corrected chi connectivity index (χ3v) is 3.52. The van der Waals surface area contributed by atoms with E-state index in [-0.39, 0.29) is 6.04 Å². The lowest BCUT2D eigenvalue weighted by Crippen LogP contribution is -2.31. The Hall–Kier alpha value is -2.27. The number of hydrogen-bond donors (Lipinski definition) is 2. The van der Waals surface area contributed by atoms with E-state index in [2.05, 4.69) is 29.7 Å². The van der Waals surface area contributed by atoms with Crippen LogP contribution in [0, 0.1) is 0 Å². The number of benzene rings is 2. The fourth-order valence-corrected chi connectivity index (χ4v) is 2.38. The monoisotopic (exact) mass is 316 g/mol. The SMILES string of the molecule is COc1ccc(OC)c(NC(=S)NC(C)c2ccccc2)c1. The first-order valence-electron chi connectivity index (χ1n) is 6.98. The molecule has 0 saturated carbocycles. The second-order valence-corrected chi connectivity index (χ2v) is 5.21. The van der Waals surface area contributed by atoms with Gasteiger partial charge in [0.25, 0.3) is 0 Å². The lowest BCUT2D eigenvalue weighted by atomic mass is 10.1. The van der Waals surface area contributed by atoms with Crippen LogP contribution >= 0.6 is 12.2 Å². The smallest absolute Gasteiger partial charge is 0.171 e. The Morgan fingerprint density at radius 3 is 2.41 bits per heavy atom. The van der Waals surface area contributed by atoms with E-state index in [9.17, 15) is 0 Å². The summed E-state index contributed by atoms with van der Waals surface area (Å²) in [5, 5.41) is 6.94. The largest absolute Gasteiger partial charge is 0.497 e. The Labute approximate surface area is 136 Å². The minimum absolute atomic E-state index is 0.109. The van der Waals surface area contributed by atoms with Crippen LogP contribution in [0.2, 0.25) is 0 Å². The average molecular weight is 316 g/mol. The van der Waals surface area contributed by atoms with E-state index in [0.717, 1.165) is 11.4 Å². The van der Waals surface area contributed by atoms with Crippen molar-refractivity contribution in [1.29, 1.82) is 0 Å². The van der Waals surface area contributed by atoms with Gasteiger partial charge in [0.15, 0.2) is 5.11 Å². The third kappa shape index (κ3) is 4.11. The number of ether oxygens (including phenoxy) is 2. The molecule has 2 aromatic carbocycles. The van der Waals surface area contributed by atoms with E-state index in [0.29, 0.717) is 10.9 Å². The molecular formula is C17H20N2O2S. The van der Waals surface area contributed by atoms with Crippen molar-refractivity contribution in [3.05, 3.63) is 54.1 Å². The number of anilines is 1. The molecular weight excluding hydrogens is 296 g/mol. The molecule has 4 nitrogen and oxygen atoms in total. The van der Waals surface area contributed by atoms with Crippen molar-refractivity contribution in [2.45, 2.75) is 13.0 Å². The van der Waals surface area contributed by atoms with Crippen molar-refractivity contribution in [2.24, 2.45) is 0 Å². The van der Waals surface area contributed by atoms with Gasteiger partial charge in [-0.15, -0.1) is 0 Å². The predicted octanol–water partition coefficient (Wildman–Crippen LogP) is 3.75. The van der Waals surface area contributed by atoms with Crippen LogP contribution in [0.15, 0.2) is 48.5 Å². The molecule has 0 aliphatic carbocycles. The second-order valence-electron chi connectivity index (χ2n) is 4.80. The molecule has 0 aliphatic rings. The number of thiocarbonyl (C=S) groups is 1. The van der Waals surface area contributed by atoms with Gasteiger partial charge in [-0.05, 0) is 36.8 Å². The molecule has 1 atom stereocenters. The molecule has 0 heterocycles. The first-order chi connectivity index (χ1) is 10.6. The highest BCUT2D eigenvalue weighted by Gasteiger charge is 2.10. The molecule has 0 aromatic heterocycles. The lowest BCUT2D eigenvalue weighted by molar-refractivity contribution is 0.405. The molecule has 5 heteroatoms. The van der Waals surface area contributed by atoms with Crippen LogP contribution in [0.5, 0.6) is 11.5 Å². The van der Waals surface area contributed by atoms with Gasteiger partial charge < -0.3 is 20.1 Å². The molecule has 0 saturated heterocycles. The van der Waals surface area contributed by atoms with Gasteiger partial charge in [0.05, 0.1) is 25.9 Å². The van der Waals surface area contributed by atoms with Crippen molar-refractivity contribution in [3.63, 3.8) is 0 Å². The Morgan fingerprint density at radius 2 is 1.77 bits per heavy atom. The Balaban J connectivity index is 2.05. The molecule has 0 amide bonds. The van der Waals surface area contributed by atoms with Gasteiger partial charge >= 0.3 is 0 Å². The van der Waals surface area contributed by atoms with Crippen LogP contribution in [-0.2, 0) is 0 Å². The average Bonchev–Trinajstić information content (AvgIpc) is 2.55. The van der Waals surface area contributed by atoms with Gasteiger partial charge in [0, 0.05) is 6.07 Å². The second kappa shape index (κ2) is 7.66. The fraction of sp³-hybridized carbons (Fsp3) is 0.235. The van der Waals surface area contributed by atoms with Gasteiger partial charge in [0.1, 0.15) is 11.5 Å². The molecule has 116 valence electrons. The first kappa shape index (κ1) is 16.1. The Morgan fingerprint density at radius 1 is 1.05 bits per heavy atom. The van der Waals surface area contributed by atoms with Crippen LogP contribution in [-0.4, -0.2) is 19.3 Å². The van der Waals surface area contributed by atoms with Crippen molar-refractivity contribution >= 4 is 23.0 Å². The fourth-order valence-electron chi connectivity index (χ4n) is 2.09. The normalized spacial score (nSPS) is 11.4. The molecule has 0 bridgehead atoms. The van der Waals surface area contributed by atoms with Crippen LogP contribution in [0.4, 0.5) is 5.69 Å². The summed E-state index contributed by atoms with van der Waals surface area (Å²) >= 11 is 5.38. The van der Waals surface area contributed by atoms with E-state index < -0.39 is 0 Å². The molecule has 2 N–H and O–H groups in total. The third-order valence-electron chi connectivity index (χ3n) is 3.30. The molecule has 0 fully saturated rings. The van der Waals surface area contributed by atoms with Gasteiger partial charge in [0.2, 0.25) is 0 Å². The zero-order valence-electron chi connectivity index (χ0n) is 12.9. The maximum atomic E-state index is 5.38. The highest BCUT2D eigenvalue weighted by atomic mass is 32.1. The molecule has 2 aromatic rings. The summed E-state index contributed by atoms with van der Waals surface area (Å²) in [6, 6.07) is 15.8. The molecule has 1 unspecified atom stereocenters. The van der Waals surface area contributed by atoms with Crippen molar-refractivity contribution in [3.8, 4) is 11.5 Å². The van der Waals surface area contributed by atoms with E-state index in [4.69, 9.17) is 21.7 Å². The predicted molar refractivity (Wildman–Crippen MR) is 93.8 cm³/mol. The maximum absolute atomic E-state index is 5.38. The zero-order valence-corrected chi connectivity index (χ0v) is 13.7. The quantitative estimate of drug-likeness (QED) is 0.822. The van der Waals surface area contributed by atoms with Crippen molar-refractivity contribution in [2.75, 3.05) is 19.5 Å². The minimum Gasteiger partial charge on any atom is -0.497 e. The van der Waals surface area contributed by atoms with E-state index in [1.807, 2.05) is 36.4 Å².